The van der Waals surface area contributed by atoms with E-state index in [0.717, 1.165) is 22.0 Å². The van der Waals surface area contributed by atoms with Gasteiger partial charge in [-0.25, -0.2) is 0 Å². The van der Waals surface area contributed by atoms with E-state index in [1.165, 1.54) is 0 Å². The van der Waals surface area contributed by atoms with Crippen LogP contribution in [0.4, 0.5) is 0 Å². The Morgan fingerprint density at radius 1 is 1.28 bits per heavy atom. The molecule has 0 saturated carbocycles. The van der Waals surface area contributed by atoms with Crippen molar-refractivity contribution in [2.24, 2.45) is 0 Å². The zero-order valence-electron chi connectivity index (χ0n) is 14.4. The van der Waals surface area contributed by atoms with E-state index in [1.54, 1.807) is 7.11 Å². The van der Waals surface area contributed by atoms with Crippen LogP contribution >= 0.6 is 27.5 Å². The fraction of sp³-hybridized carbons (Fsp3) is 0.368. The number of benzene rings is 2. The van der Waals surface area contributed by atoms with Gasteiger partial charge < -0.3 is 19.9 Å². The number of hydrogen-bond acceptors (Lipinski definition) is 4. The molecule has 1 atom stereocenters. The Bertz CT molecular complexity index is 692. The SMILES string of the molecule is CCC(CO)NCc1cc(Br)c(OCc2ccccc2Cl)c(OC)c1. The zero-order valence-corrected chi connectivity index (χ0v) is 16.7. The molecule has 0 aliphatic heterocycles. The Morgan fingerprint density at radius 3 is 2.68 bits per heavy atom. The molecule has 0 amide bonds. The van der Waals surface area contributed by atoms with E-state index in [1.807, 2.05) is 43.3 Å². The second-order valence-electron chi connectivity index (χ2n) is 5.66. The number of aliphatic hydroxyl groups is 1. The lowest BCUT2D eigenvalue weighted by atomic mass is 10.1. The molecule has 0 aromatic heterocycles. The second kappa shape index (κ2) is 10.0. The summed E-state index contributed by atoms with van der Waals surface area (Å²) in [6.07, 6.45) is 0.869. The van der Waals surface area contributed by atoms with Crippen molar-refractivity contribution in [2.45, 2.75) is 32.5 Å². The predicted molar refractivity (Wildman–Crippen MR) is 104 cm³/mol. The highest BCUT2D eigenvalue weighted by Crippen LogP contribution is 2.37. The Balaban J connectivity index is 2.12. The van der Waals surface area contributed by atoms with Crippen molar-refractivity contribution in [3.05, 3.63) is 57.0 Å². The first-order valence-corrected chi connectivity index (χ1v) is 9.33. The minimum absolute atomic E-state index is 0.0842. The highest BCUT2D eigenvalue weighted by atomic mass is 79.9. The molecule has 0 spiro atoms. The van der Waals surface area contributed by atoms with Gasteiger partial charge in [0.25, 0.3) is 0 Å². The number of hydrogen-bond donors (Lipinski definition) is 2. The van der Waals surface area contributed by atoms with Gasteiger partial charge in [-0.05, 0) is 46.1 Å². The summed E-state index contributed by atoms with van der Waals surface area (Å²) in [7, 11) is 1.61. The Hall–Kier alpha value is -1.27. The van der Waals surface area contributed by atoms with Gasteiger partial charge >= 0.3 is 0 Å². The molecule has 4 nitrogen and oxygen atoms in total. The van der Waals surface area contributed by atoms with Gasteiger partial charge in [0.1, 0.15) is 6.61 Å². The average molecular weight is 429 g/mol. The van der Waals surface area contributed by atoms with Gasteiger partial charge in [0.2, 0.25) is 0 Å². The molecule has 2 aromatic carbocycles. The van der Waals surface area contributed by atoms with Gasteiger partial charge in [-0.15, -0.1) is 0 Å². The molecule has 0 heterocycles. The van der Waals surface area contributed by atoms with E-state index in [0.29, 0.717) is 29.7 Å². The fourth-order valence-electron chi connectivity index (χ4n) is 2.38. The molecule has 2 rings (SSSR count). The van der Waals surface area contributed by atoms with E-state index >= 15 is 0 Å². The second-order valence-corrected chi connectivity index (χ2v) is 6.92. The smallest absolute Gasteiger partial charge is 0.175 e. The molecule has 25 heavy (non-hydrogen) atoms. The van der Waals surface area contributed by atoms with Gasteiger partial charge in [0, 0.05) is 23.2 Å². The van der Waals surface area contributed by atoms with Crippen LogP contribution < -0.4 is 14.8 Å². The molecule has 6 heteroatoms. The monoisotopic (exact) mass is 427 g/mol. The van der Waals surface area contributed by atoms with E-state index in [-0.39, 0.29) is 12.6 Å². The van der Waals surface area contributed by atoms with Crippen LogP contribution in [0.2, 0.25) is 5.02 Å². The van der Waals surface area contributed by atoms with Crippen LogP contribution in [-0.2, 0) is 13.2 Å². The topological polar surface area (TPSA) is 50.7 Å². The number of ether oxygens (including phenoxy) is 2. The highest BCUT2D eigenvalue weighted by Gasteiger charge is 2.13. The lowest BCUT2D eigenvalue weighted by Crippen LogP contribution is -2.31. The van der Waals surface area contributed by atoms with Crippen molar-refractivity contribution in [2.75, 3.05) is 13.7 Å². The van der Waals surface area contributed by atoms with Crippen LogP contribution in [0.3, 0.4) is 0 Å². The molecule has 0 saturated heterocycles. The zero-order chi connectivity index (χ0) is 18.2. The van der Waals surface area contributed by atoms with E-state index in [2.05, 4.69) is 21.2 Å². The summed E-state index contributed by atoms with van der Waals surface area (Å²) in [5, 5.41) is 13.3. The van der Waals surface area contributed by atoms with Gasteiger partial charge in [0.15, 0.2) is 11.5 Å². The maximum absolute atomic E-state index is 9.28. The third kappa shape index (κ3) is 5.61. The largest absolute Gasteiger partial charge is 0.493 e. The molecule has 0 aliphatic carbocycles. The maximum atomic E-state index is 9.28. The first kappa shape index (κ1) is 20.0. The Labute approximate surface area is 162 Å². The number of halogens is 2. The standard InChI is InChI=1S/C19H23BrClNO3/c1-3-15(11-23)22-10-13-8-16(20)19(18(9-13)24-2)25-12-14-6-4-5-7-17(14)21/h4-9,15,22-23H,3,10-12H2,1-2H3. The van der Waals surface area contributed by atoms with Gasteiger partial charge in [0.05, 0.1) is 18.2 Å². The van der Waals surface area contributed by atoms with E-state index in [4.69, 9.17) is 21.1 Å². The maximum Gasteiger partial charge on any atom is 0.175 e. The Morgan fingerprint density at radius 2 is 2.04 bits per heavy atom. The quantitative estimate of drug-likeness (QED) is 0.615. The van der Waals surface area contributed by atoms with Crippen molar-refractivity contribution in [3.8, 4) is 11.5 Å². The number of rotatable bonds is 9. The van der Waals surface area contributed by atoms with Crippen LogP contribution in [0.1, 0.15) is 24.5 Å². The summed E-state index contributed by atoms with van der Waals surface area (Å²) in [6, 6.07) is 11.6. The summed E-state index contributed by atoms with van der Waals surface area (Å²) < 4.78 is 12.2. The van der Waals surface area contributed by atoms with Gasteiger partial charge in [-0.3, -0.25) is 0 Å². The minimum Gasteiger partial charge on any atom is -0.493 e. The molecular weight excluding hydrogens is 406 g/mol. The summed E-state index contributed by atoms with van der Waals surface area (Å²) >= 11 is 9.73. The van der Waals surface area contributed by atoms with Crippen molar-refractivity contribution < 1.29 is 14.6 Å². The van der Waals surface area contributed by atoms with Crippen molar-refractivity contribution >= 4 is 27.5 Å². The first-order valence-electron chi connectivity index (χ1n) is 8.15. The first-order chi connectivity index (χ1) is 12.1. The molecule has 0 bridgehead atoms. The van der Waals surface area contributed by atoms with Crippen LogP contribution in [-0.4, -0.2) is 24.9 Å². The lowest BCUT2D eigenvalue weighted by molar-refractivity contribution is 0.238. The Kier molecular flexibility index (Phi) is 8.03. The van der Waals surface area contributed by atoms with Gasteiger partial charge in [-0.2, -0.15) is 0 Å². The molecule has 0 aliphatic rings. The highest BCUT2D eigenvalue weighted by molar-refractivity contribution is 9.10. The summed E-state index contributed by atoms with van der Waals surface area (Å²) in [5.74, 6) is 1.29. The molecule has 0 radical (unpaired) electrons. The van der Waals surface area contributed by atoms with Crippen LogP contribution in [0.25, 0.3) is 0 Å². The molecule has 136 valence electrons. The molecule has 2 aromatic rings. The summed E-state index contributed by atoms with van der Waals surface area (Å²) in [5.41, 5.74) is 1.96. The minimum atomic E-state index is 0.0842. The van der Waals surface area contributed by atoms with Crippen LogP contribution in [0.15, 0.2) is 40.9 Å². The number of aliphatic hydroxyl groups excluding tert-OH is 1. The summed E-state index contributed by atoms with van der Waals surface area (Å²) in [4.78, 5) is 0. The van der Waals surface area contributed by atoms with Crippen molar-refractivity contribution in [1.29, 1.82) is 0 Å². The van der Waals surface area contributed by atoms with Crippen molar-refractivity contribution in [3.63, 3.8) is 0 Å². The van der Waals surface area contributed by atoms with Crippen LogP contribution in [0, 0.1) is 0 Å². The normalized spacial score (nSPS) is 12.0. The third-order valence-electron chi connectivity index (χ3n) is 3.93. The van der Waals surface area contributed by atoms with E-state index in [9.17, 15) is 5.11 Å². The molecular formula is C19H23BrClNO3. The average Bonchev–Trinajstić information content (AvgIpc) is 2.62. The molecule has 1 unspecified atom stereocenters. The van der Waals surface area contributed by atoms with Gasteiger partial charge in [-0.1, -0.05) is 36.7 Å². The van der Waals surface area contributed by atoms with Crippen LogP contribution in [0.5, 0.6) is 11.5 Å². The summed E-state index contributed by atoms with van der Waals surface area (Å²) in [6.45, 7) is 3.15. The lowest BCUT2D eigenvalue weighted by Gasteiger charge is -2.17. The van der Waals surface area contributed by atoms with E-state index < -0.39 is 0 Å². The fourth-order valence-corrected chi connectivity index (χ4v) is 3.18. The number of methoxy groups -OCH3 is 1. The van der Waals surface area contributed by atoms with Crippen molar-refractivity contribution in [1.82, 2.24) is 5.32 Å². The third-order valence-corrected chi connectivity index (χ3v) is 4.88. The predicted octanol–water partition coefficient (Wildman–Crippen LogP) is 4.55. The molecule has 2 N–H and O–H groups in total. The molecule has 0 fully saturated rings. The number of nitrogens with one attached hydrogen (secondary N) is 1.